The molecule has 0 aliphatic heterocycles. The van der Waals surface area contributed by atoms with Crippen LogP contribution in [0.5, 0.6) is 0 Å². The first-order chi connectivity index (χ1) is 7.63. The van der Waals surface area contributed by atoms with Gasteiger partial charge in [-0.2, -0.15) is 0 Å². The van der Waals surface area contributed by atoms with E-state index in [-0.39, 0.29) is 5.92 Å². The van der Waals surface area contributed by atoms with Crippen molar-refractivity contribution in [1.82, 2.24) is 0 Å². The Morgan fingerprint density at radius 1 is 1.19 bits per heavy atom. The molecular formula is C13H25NO2. The fourth-order valence-corrected chi connectivity index (χ4v) is 1.63. The van der Waals surface area contributed by atoms with Crippen molar-refractivity contribution in [1.29, 1.82) is 0 Å². The van der Waals surface area contributed by atoms with E-state index in [1.807, 2.05) is 6.92 Å². The fourth-order valence-electron chi connectivity index (χ4n) is 1.63. The number of aliphatic imine (C=N–C) groups is 1. The molecule has 16 heavy (non-hydrogen) atoms. The molecule has 0 aliphatic rings. The van der Waals surface area contributed by atoms with E-state index in [1.54, 1.807) is 0 Å². The number of nitrogens with zero attached hydrogens (tertiary/aromatic N) is 1. The average molecular weight is 227 g/mol. The summed E-state index contributed by atoms with van der Waals surface area (Å²) in [5.74, 6) is -1.10. The summed E-state index contributed by atoms with van der Waals surface area (Å²) in [6, 6.07) is 0. The highest BCUT2D eigenvalue weighted by molar-refractivity contribution is 6.00. The van der Waals surface area contributed by atoms with Gasteiger partial charge in [-0.3, -0.25) is 9.79 Å². The molecule has 1 unspecified atom stereocenters. The van der Waals surface area contributed by atoms with Crippen LogP contribution in [0.3, 0.4) is 0 Å². The van der Waals surface area contributed by atoms with Crippen LogP contribution in [-0.4, -0.2) is 23.3 Å². The molecule has 0 aliphatic carbocycles. The highest BCUT2D eigenvalue weighted by Gasteiger charge is 2.19. The van der Waals surface area contributed by atoms with Crippen LogP contribution in [-0.2, 0) is 4.79 Å². The van der Waals surface area contributed by atoms with E-state index in [2.05, 4.69) is 18.8 Å². The zero-order valence-corrected chi connectivity index (χ0v) is 10.8. The van der Waals surface area contributed by atoms with Gasteiger partial charge in [-0.15, -0.1) is 0 Å². The number of aliphatic carboxylic acids is 1. The maximum absolute atomic E-state index is 11.1. The summed E-state index contributed by atoms with van der Waals surface area (Å²) in [5.41, 5.74) is 0.789. The Balaban J connectivity index is 4.17. The SMILES string of the molecule is CCCCCC(C(=O)O)/C(C)=N\CCCC. The lowest BCUT2D eigenvalue weighted by Crippen LogP contribution is -2.22. The lowest BCUT2D eigenvalue weighted by Gasteiger charge is -2.11. The molecule has 0 radical (unpaired) electrons. The van der Waals surface area contributed by atoms with Gasteiger partial charge in [-0.1, -0.05) is 39.5 Å². The summed E-state index contributed by atoms with van der Waals surface area (Å²) >= 11 is 0. The number of hydrogen-bond acceptors (Lipinski definition) is 2. The van der Waals surface area contributed by atoms with Gasteiger partial charge in [0.15, 0.2) is 0 Å². The summed E-state index contributed by atoms with van der Waals surface area (Å²) in [5, 5.41) is 9.12. The van der Waals surface area contributed by atoms with Crippen LogP contribution in [0.25, 0.3) is 0 Å². The molecule has 0 spiro atoms. The van der Waals surface area contributed by atoms with Crippen molar-refractivity contribution < 1.29 is 9.90 Å². The van der Waals surface area contributed by atoms with Crippen LogP contribution in [0.2, 0.25) is 0 Å². The maximum atomic E-state index is 11.1. The van der Waals surface area contributed by atoms with Crippen LogP contribution in [0, 0.1) is 5.92 Å². The molecule has 0 amide bonds. The summed E-state index contributed by atoms with van der Waals surface area (Å²) in [4.78, 5) is 15.4. The molecule has 3 nitrogen and oxygen atoms in total. The minimum atomic E-state index is -0.728. The number of rotatable bonds is 9. The summed E-state index contributed by atoms with van der Waals surface area (Å²) in [7, 11) is 0. The van der Waals surface area contributed by atoms with Gasteiger partial charge in [-0.05, 0) is 19.8 Å². The third-order valence-electron chi connectivity index (χ3n) is 2.77. The zero-order valence-electron chi connectivity index (χ0n) is 10.8. The number of carbonyl (C=O) groups is 1. The van der Waals surface area contributed by atoms with Crippen molar-refractivity contribution >= 4 is 11.7 Å². The van der Waals surface area contributed by atoms with Crippen molar-refractivity contribution in [3.05, 3.63) is 0 Å². The fraction of sp³-hybridized carbons (Fsp3) is 0.846. The van der Waals surface area contributed by atoms with Gasteiger partial charge in [0.25, 0.3) is 0 Å². The minimum absolute atomic E-state index is 0.372. The number of hydrogen-bond donors (Lipinski definition) is 1. The second-order valence-electron chi connectivity index (χ2n) is 4.26. The second-order valence-corrected chi connectivity index (χ2v) is 4.26. The van der Waals surface area contributed by atoms with E-state index in [1.165, 1.54) is 0 Å². The first-order valence-corrected chi connectivity index (χ1v) is 6.37. The van der Waals surface area contributed by atoms with Crippen molar-refractivity contribution in [2.24, 2.45) is 10.9 Å². The molecular weight excluding hydrogens is 202 g/mol. The molecule has 0 aromatic rings. The van der Waals surface area contributed by atoms with Gasteiger partial charge in [0.2, 0.25) is 0 Å². The summed E-state index contributed by atoms with van der Waals surface area (Å²) < 4.78 is 0. The molecule has 0 fully saturated rings. The molecule has 0 aromatic heterocycles. The lowest BCUT2D eigenvalue weighted by atomic mass is 9.97. The maximum Gasteiger partial charge on any atom is 0.312 e. The van der Waals surface area contributed by atoms with E-state index < -0.39 is 5.97 Å². The second kappa shape index (κ2) is 9.37. The van der Waals surface area contributed by atoms with Gasteiger partial charge in [0, 0.05) is 12.3 Å². The molecule has 3 heteroatoms. The first kappa shape index (κ1) is 15.1. The molecule has 1 atom stereocenters. The largest absolute Gasteiger partial charge is 0.481 e. The van der Waals surface area contributed by atoms with E-state index in [9.17, 15) is 4.79 Å². The predicted octanol–water partition coefficient (Wildman–Crippen LogP) is 3.53. The molecule has 1 N–H and O–H groups in total. The smallest absolute Gasteiger partial charge is 0.312 e. The van der Waals surface area contributed by atoms with Gasteiger partial charge in [-0.25, -0.2) is 0 Å². The van der Waals surface area contributed by atoms with Crippen molar-refractivity contribution in [2.75, 3.05) is 6.54 Å². The van der Waals surface area contributed by atoms with Crippen molar-refractivity contribution in [3.8, 4) is 0 Å². The Kier molecular flexibility index (Phi) is 8.87. The minimum Gasteiger partial charge on any atom is -0.481 e. The quantitative estimate of drug-likeness (QED) is 0.484. The van der Waals surface area contributed by atoms with Gasteiger partial charge in [0.05, 0.1) is 5.92 Å². The van der Waals surface area contributed by atoms with Gasteiger partial charge >= 0.3 is 5.97 Å². The molecule has 0 saturated heterocycles. The lowest BCUT2D eigenvalue weighted by molar-refractivity contribution is -0.139. The molecule has 0 heterocycles. The van der Waals surface area contributed by atoms with Crippen LogP contribution in [0.1, 0.15) is 59.3 Å². The highest BCUT2D eigenvalue weighted by atomic mass is 16.4. The Morgan fingerprint density at radius 2 is 1.81 bits per heavy atom. The van der Waals surface area contributed by atoms with Crippen LogP contribution < -0.4 is 0 Å². The topological polar surface area (TPSA) is 49.7 Å². The Hall–Kier alpha value is -0.860. The Morgan fingerprint density at radius 3 is 2.31 bits per heavy atom. The molecule has 0 rings (SSSR count). The average Bonchev–Trinajstić information content (AvgIpc) is 2.24. The van der Waals surface area contributed by atoms with Crippen LogP contribution >= 0.6 is 0 Å². The third kappa shape index (κ3) is 6.59. The zero-order chi connectivity index (χ0) is 12.4. The van der Waals surface area contributed by atoms with Crippen molar-refractivity contribution in [3.63, 3.8) is 0 Å². The summed E-state index contributed by atoms with van der Waals surface area (Å²) in [6.45, 7) is 6.85. The number of carboxylic acid groups (broad SMARTS) is 1. The monoisotopic (exact) mass is 227 g/mol. The molecule has 94 valence electrons. The number of carboxylic acids is 1. The van der Waals surface area contributed by atoms with E-state index in [4.69, 9.17) is 5.11 Å². The Labute approximate surface area is 99.0 Å². The normalized spacial score (nSPS) is 13.8. The van der Waals surface area contributed by atoms with Gasteiger partial charge in [0.1, 0.15) is 0 Å². The Bertz CT molecular complexity index is 224. The first-order valence-electron chi connectivity index (χ1n) is 6.37. The number of unbranched alkanes of at least 4 members (excludes halogenated alkanes) is 3. The standard InChI is InChI=1S/C13H25NO2/c1-4-6-8-9-12(13(15)16)11(3)14-10-7-5-2/h12H,4-10H2,1-3H3,(H,15,16)/b14-11-. The van der Waals surface area contributed by atoms with Crippen LogP contribution in [0.15, 0.2) is 4.99 Å². The molecule has 0 bridgehead atoms. The highest BCUT2D eigenvalue weighted by Crippen LogP contribution is 2.12. The molecule has 0 aromatic carbocycles. The van der Waals surface area contributed by atoms with E-state index >= 15 is 0 Å². The molecule has 0 saturated carbocycles. The predicted molar refractivity (Wildman–Crippen MR) is 68.2 cm³/mol. The van der Waals surface area contributed by atoms with Crippen LogP contribution in [0.4, 0.5) is 0 Å². The van der Waals surface area contributed by atoms with Crippen molar-refractivity contribution in [2.45, 2.75) is 59.3 Å². The van der Waals surface area contributed by atoms with Gasteiger partial charge < -0.3 is 5.11 Å². The third-order valence-corrected chi connectivity index (χ3v) is 2.77. The summed E-state index contributed by atoms with van der Waals surface area (Å²) in [6.07, 6.45) is 6.08. The van der Waals surface area contributed by atoms with E-state index in [0.29, 0.717) is 0 Å². The van der Waals surface area contributed by atoms with E-state index in [0.717, 1.165) is 50.8 Å².